The van der Waals surface area contributed by atoms with Crippen molar-refractivity contribution < 1.29 is 19.2 Å². The topological polar surface area (TPSA) is 108 Å². The normalized spacial score (nSPS) is 17.5. The number of carbonyl (C=O) groups is 2. The van der Waals surface area contributed by atoms with E-state index in [1.165, 1.54) is 12.1 Å². The molecule has 0 unspecified atom stereocenters. The Labute approximate surface area is 195 Å². The molecule has 2 amide bonds. The number of nitrogens with zero attached hydrogens (tertiary/aromatic N) is 4. The van der Waals surface area contributed by atoms with Crippen LogP contribution in [-0.2, 0) is 4.74 Å². The Hall–Kier alpha value is -2.88. The SMILES string of the molecule is CC(C)(C)OC(=O)N1CCN(CCNC(=O)c2cc([N+](=O)[O-])ccc2N2CCCCC2)CC1. The number of non-ortho nitro benzene ring substituents is 1. The van der Waals surface area contributed by atoms with Crippen molar-refractivity contribution in [2.24, 2.45) is 0 Å². The van der Waals surface area contributed by atoms with Crippen LogP contribution in [0.1, 0.15) is 50.4 Å². The Kier molecular flexibility index (Phi) is 8.12. The summed E-state index contributed by atoms with van der Waals surface area (Å²) in [6.45, 7) is 10.9. The van der Waals surface area contributed by atoms with Gasteiger partial charge < -0.3 is 19.9 Å². The van der Waals surface area contributed by atoms with Crippen molar-refractivity contribution in [2.75, 3.05) is 57.3 Å². The first-order valence-electron chi connectivity index (χ1n) is 11.7. The first kappa shape index (κ1) is 24.8. The third kappa shape index (κ3) is 7.05. The Morgan fingerprint density at radius 2 is 1.73 bits per heavy atom. The highest BCUT2D eigenvalue weighted by Crippen LogP contribution is 2.28. The van der Waals surface area contributed by atoms with E-state index in [0.717, 1.165) is 38.0 Å². The fourth-order valence-corrected chi connectivity index (χ4v) is 4.13. The zero-order valence-corrected chi connectivity index (χ0v) is 19.8. The Balaban J connectivity index is 1.53. The highest BCUT2D eigenvalue weighted by atomic mass is 16.6. The minimum atomic E-state index is -0.516. The van der Waals surface area contributed by atoms with E-state index in [9.17, 15) is 19.7 Å². The zero-order chi connectivity index (χ0) is 24.0. The minimum Gasteiger partial charge on any atom is -0.444 e. The number of hydrogen-bond donors (Lipinski definition) is 1. The summed E-state index contributed by atoms with van der Waals surface area (Å²) in [5, 5.41) is 14.2. The molecule has 2 heterocycles. The van der Waals surface area contributed by atoms with Crippen molar-refractivity contribution in [3.63, 3.8) is 0 Å². The van der Waals surface area contributed by atoms with Gasteiger partial charge in [0.15, 0.2) is 0 Å². The molecule has 0 spiro atoms. The monoisotopic (exact) mass is 461 g/mol. The number of rotatable bonds is 6. The van der Waals surface area contributed by atoms with Crippen LogP contribution in [0.3, 0.4) is 0 Å². The molecule has 2 fully saturated rings. The summed E-state index contributed by atoms with van der Waals surface area (Å²) in [6, 6.07) is 4.53. The molecule has 1 aromatic carbocycles. The number of nitro benzene ring substituents is 1. The summed E-state index contributed by atoms with van der Waals surface area (Å²) >= 11 is 0. The van der Waals surface area contributed by atoms with E-state index in [0.29, 0.717) is 44.8 Å². The number of anilines is 1. The number of benzene rings is 1. The fourth-order valence-electron chi connectivity index (χ4n) is 4.13. The molecule has 0 radical (unpaired) electrons. The van der Waals surface area contributed by atoms with Gasteiger partial charge in [-0.2, -0.15) is 0 Å². The van der Waals surface area contributed by atoms with E-state index < -0.39 is 10.5 Å². The van der Waals surface area contributed by atoms with Crippen LogP contribution < -0.4 is 10.2 Å². The summed E-state index contributed by atoms with van der Waals surface area (Å²) in [5.74, 6) is -0.299. The Bertz CT molecular complexity index is 855. The maximum atomic E-state index is 13.0. The lowest BCUT2D eigenvalue weighted by molar-refractivity contribution is -0.384. The number of carbonyl (C=O) groups excluding carboxylic acids is 2. The lowest BCUT2D eigenvalue weighted by atomic mass is 10.1. The standard InChI is InChI=1S/C23H35N5O5/c1-23(2,3)33-22(30)27-15-13-25(14-16-27)12-9-24-21(29)19-17-18(28(31)32)7-8-20(19)26-10-5-4-6-11-26/h7-8,17H,4-6,9-16H2,1-3H3,(H,24,29). The van der Waals surface area contributed by atoms with Crippen LogP contribution in [0, 0.1) is 10.1 Å². The smallest absolute Gasteiger partial charge is 0.410 e. The van der Waals surface area contributed by atoms with Crippen LogP contribution >= 0.6 is 0 Å². The van der Waals surface area contributed by atoms with E-state index >= 15 is 0 Å². The van der Waals surface area contributed by atoms with Gasteiger partial charge in [0.25, 0.3) is 11.6 Å². The highest BCUT2D eigenvalue weighted by molar-refractivity contribution is 6.00. The van der Waals surface area contributed by atoms with Crippen LogP contribution in [0.4, 0.5) is 16.2 Å². The number of amides is 2. The first-order valence-corrected chi connectivity index (χ1v) is 11.7. The molecule has 2 aliphatic rings. The summed E-state index contributed by atoms with van der Waals surface area (Å²) < 4.78 is 5.42. The van der Waals surface area contributed by atoms with E-state index in [1.807, 2.05) is 20.8 Å². The van der Waals surface area contributed by atoms with Crippen molar-refractivity contribution in [1.29, 1.82) is 0 Å². The maximum Gasteiger partial charge on any atom is 0.410 e. The van der Waals surface area contributed by atoms with Gasteiger partial charge in [-0.15, -0.1) is 0 Å². The second-order valence-corrected chi connectivity index (χ2v) is 9.57. The highest BCUT2D eigenvalue weighted by Gasteiger charge is 2.26. The first-order chi connectivity index (χ1) is 15.6. The van der Waals surface area contributed by atoms with Crippen LogP contribution in [0.15, 0.2) is 18.2 Å². The molecule has 1 aromatic rings. The molecule has 2 saturated heterocycles. The van der Waals surface area contributed by atoms with E-state index in [1.54, 1.807) is 11.0 Å². The molecule has 10 nitrogen and oxygen atoms in total. The number of piperazine rings is 1. The predicted molar refractivity (Wildman–Crippen MR) is 126 cm³/mol. The van der Waals surface area contributed by atoms with Gasteiger partial charge in [-0.05, 0) is 46.1 Å². The van der Waals surface area contributed by atoms with Crippen molar-refractivity contribution >= 4 is 23.4 Å². The molecule has 33 heavy (non-hydrogen) atoms. The van der Waals surface area contributed by atoms with Gasteiger partial charge >= 0.3 is 6.09 Å². The molecule has 1 N–H and O–H groups in total. The van der Waals surface area contributed by atoms with E-state index in [-0.39, 0.29) is 17.7 Å². The summed E-state index contributed by atoms with van der Waals surface area (Å²) in [7, 11) is 0. The number of nitro groups is 1. The summed E-state index contributed by atoms with van der Waals surface area (Å²) in [4.78, 5) is 41.9. The van der Waals surface area contributed by atoms with Crippen molar-refractivity contribution in [3.8, 4) is 0 Å². The number of hydrogen-bond acceptors (Lipinski definition) is 7. The second kappa shape index (κ2) is 10.8. The van der Waals surface area contributed by atoms with Crippen molar-refractivity contribution in [1.82, 2.24) is 15.1 Å². The van der Waals surface area contributed by atoms with Crippen LogP contribution in [0.5, 0.6) is 0 Å². The largest absolute Gasteiger partial charge is 0.444 e. The van der Waals surface area contributed by atoms with Crippen LogP contribution in [-0.4, -0.2) is 84.7 Å². The molecular weight excluding hydrogens is 426 g/mol. The quantitative estimate of drug-likeness (QED) is 0.513. The van der Waals surface area contributed by atoms with Crippen LogP contribution in [0.2, 0.25) is 0 Å². The van der Waals surface area contributed by atoms with Gasteiger partial charge in [0.05, 0.1) is 16.2 Å². The molecule has 0 aliphatic carbocycles. The lowest BCUT2D eigenvalue weighted by Gasteiger charge is -2.35. The van der Waals surface area contributed by atoms with Gasteiger partial charge in [-0.1, -0.05) is 0 Å². The van der Waals surface area contributed by atoms with E-state index in [2.05, 4.69) is 15.1 Å². The molecule has 0 saturated carbocycles. The molecular formula is C23H35N5O5. The van der Waals surface area contributed by atoms with Gasteiger partial charge in [0.1, 0.15) is 5.60 Å². The summed E-state index contributed by atoms with van der Waals surface area (Å²) in [5.41, 5.74) is 0.502. The van der Waals surface area contributed by atoms with Gasteiger partial charge in [0.2, 0.25) is 0 Å². The van der Waals surface area contributed by atoms with Gasteiger partial charge in [0, 0.05) is 64.5 Å². The van der Waals surface area contributed by atoms with Crippen LogP contribution in [0.25, 0.3) is 0 Å². The molecule has 0 bridgehead atoms. The third-order valence-corrected chi connectivity index (χ3v) is 5.87. The molecule has 3 rings (SSSR count). The minimum absolute atomic E-state index is 0.0841. The predicted octanol–water partition coefficient (Wildman–Crippen LogP) is 2.87. The molecule has 0 atom stereocenters. The number of ether oxygens (including phenoxy) is 1. The Morgan fingerprint density at radius 3 is 2.33 bits per heavy atom. The molecule has 10 heteroatoms. The molecule has 182 valence electrons. The molecule has 0 aromatic heterocycles. The zero-order valence-electron chi connectivity index (χ0n) is 19.8. The van der Waals surface area contributed by atoms with Gasteiger partial charge in [-0.25, -0.2) is 4.79 Å². The lowest BCUT2D eigenvalue weighted by Crippen LogP contribution is -2.51. The van der Waals surface area contributed by atoms with Gasteiger partial charge in [-0.3, -0.25) is 19.8 Å². The average molecular weight is 462 g/mol. The molecule has 2 aliphatic heterocycles. The third-order valence-electron chi connectivity index (χ3n) is 5.87. The van der Waals surface area contributed by atoms with E-state index in [4.69, 9.17) is 4.74 Å². The van der Waals surface area contributed by atoms with Crippen molar-refractivity contribution in [2.45, 2.75) is 45.6 Å². The summed E-state index contributed by atoms with van der Waals surface area (Å²) in [6.07, 6.45) is 2.96. The van der Waals surface area contributed by atoms with Crippen molar-refractivity contribution in [3.05, 3.63) is 33.9 Å². The number of piperidine rings is 1. The Morgan fingerprint density at radius 1 is 1.06 bits per heavy atom. The maximum absolute atomic E-state index is 13.0. The fraction of sp³-hybridized carbons (Fsp3) is 0.652. The number of nitrogens with one attached hydrogen (secondary N) is 1. The average Bonchev–Trinajstić information content (AvgIpc) is 2.78. The second-order valence-electron chi connectivity index (χ2n) is 9.57.